The summed E-state index contributed by atoms with van der Waals surface area (Å²) >= 11 is 0. The van der Waals surface area contributed by atoms with E-state index in [1.807, 2.05) is 71.0 Å². The molecule has 0 amide bonds. The van der Waals surface area contributed by atoms with E-state index in [0.29, 0.717) is 13.2 Å². The Bertz CT molecular complexity index is 721. The molecule has 0 saturated heterocycles. The number of hydrogen-bond donors (Lipinski definition) is 0. The molecule has 2 aromatic rings. The predicted molar refractivity (Wildman–Crippen MR) is 103 cm³/mol. The maximum absolute atomic E-state index is 5.42. The fourth-order valence-corrected chi connectivity index (χ4v) is 2.15. The zero-order chi connectivity index (χ0) is 18.9. The van der Waals surface area contributed by atoms with E-state index in [2.05, 4.69) is 20.3 Å². The van der Waals surface area contributed by atoms with E-state index in [9.17, 15) is 0 Å². The number of pyridine rings is 2. The molecule has 0 saturated carbocycles. The third kappa shape index (κ3) is 6.27. The van der Waals surface area contributed by atoms with Gasteiger partial charge in [-0.25, -0.2) is 0 Å². The van der Waals surface area contributed by atoms with E-state index in [0.717, 1.165) is 34.2 Å². The molecule has 26 heavy (non-hydrogen) atoms. The van der Waals surface area contributed by atoms with Crippen molar-refractivity contribution < 1.29 is 9.68 Å². The van der Waals surface area contributed by atoms with Crippen LogP contribution in [0.5, 0.6) is 0 Å². The molecule has 138 valence electrons. The summed E-state index contributed by atoms with van der Waals surface area (Å²) in [5, 5.41) is 8.26. The summed E-state index contributed by atoms with van der Waals surface area (Å²) in [7, 11) is 0. The third-order valence-electron chi connectivity index (χ3n) is 3.64. The average Bonchev–Trinajstić information content (AvgIpc) is 2.61. The first-order chi connectivity index (χ1) is 12.5. The molecule has 0 bridgehead atoms. The molecule has 0 aliphatic carbocycles. The van der Waals surface area contributed by atoms with Crippen LogP contribution in [-0.4, -0.2) is 34.6 Å². The monoisotopic (exact) mass is 354 g/mol. The normalized spacial score (nSPS) is 12.4. The van der Waals surface area contributed by atoms with Crippen molar-refractivity contribution in [2.24, 2.45) is 16.2 Å². The minimum Gasteiger partial charge on any atom is -0.395 e. The van der Waals surface area contributed by atoms with Crippen LogP contribution in [0.2, 0.25) is 0 Å². The van der Waals surface area contributed by atoms with Gasteiger partial charge in [-0.05, 0) is 52.0 Å². The maximum Gasteiger partial charge on any atom is 0.123 e. The summed E-state index contributed by atoms with van der Waals surface area (Å²) in [5.41, 5.74) is 5.05. The Morgan fingerprint density at radius 2 is 1.27 bits per heavy atom. The molecule has 0 spiro atoms. The first kappa shape index (κ1) is 19.6. The van der Waals surface area contributed by atoms with E-state index in [1.165, 1.54) is 0 Å². The highest BCUT2D eigenvalue weighted by molar-refractivity contribution is 5.96. The van der Waals surface area contributed by atoms with Crippen LogP contribution in [0.3, 0.4) is 0 Å². The topological polar surface area (TPSA) is 69.0 Å². The maximum atomic E-state index is 5.42. The van der Waals surface area contributed by atoms with Crippen LogP contribution < -0.4 is 0 Å². The standard InChI is InChI=1S/C20H26N4O2/c1-14(12-25-23-17(4)19-10-6-8-15(2)21-19)13-26-24-18(5)20-11-7-9-16(3)22-20/h6-11,14H,12-13H2,1-5H3/b23-17+,24-18+. The van der Waals surface area contributed by atoms with Gasteiger partial charge in [0.25, 0.3) is 0 Å². The van der Waals surface area contributed by atoms with Crippen LogP contribution in [0.15, 0.2) is 46.7 Å². The van der Waals surface area contributed by atoms with Gasteiger partial charge in [0.15, 0.2) is 0 Å². The van der Waals surface area contributed by atoms with Gasteiger partial charge in [0, 0.05) is 17.3 Å². The average molecular weight is 354 g/mol. The van der Waals surface area contributed by atoms with Gasteiger partial charge in [-0.1, -0.05) is 29.4 Å². The number of hydrogen-bond acceptors (Lipinski definition) is 6. The highest BCUT2D eigenvalue weighted by Crippen LogP contribution is 2.04. The molecule has 2 aromatic heterocycles. The molecule has 0 aromatic carbocycles. The van der Waals surface area contributed by atoms with Crippen molar-refractivity contribution in [3.05, 3.63) is 59.2 Å². The molecule has 6 nitrogen and oxygen atoms in total. The lowest BCUT2D eigenvalue weighted by molar-refractivity contribution is 0.0512. The van der Waals surface area contributed by atoms with Gasteiger partial charge >= 0.3 is 0 Å². The third-order valence-corrected chi connectivity index (χ3v) is 3.64. The van der Waals surface area contributed by atoms with Gasteiger partial charge in [-0.2, -0.15) is 0 Å². The van der Waals surface area contributed by atoms with Crippen LogP contribution in [0.4, 0.5) is 0 Å². The van der Waals surface area contributed by atoms with Crippen molar-refractivity contribution >= 4 is 11.4 Å². The van der Waals surface area contributed by atoms with Crippen LogP contribution in [-0.2, 0) is 9.68 Å². The smallest absolute Gasteiger partial charge is 0.123 e. The molecule has 2 rings (SSSR count). The zero-order valence-electron chi connectivity index (χ0n) is 16.1. The van der Waals surface area contributed by atoms with Gasteiger partial charge in [0.05, 0.1) is 11.4 Å². The van der Waals surface area contributed by atoms with Gasteiger partial charge in [0.2, 0.25) is 0 Å². The predicted octanol–water partition coefficient (Wildman–Crippen LogP) is 3.91. The van der Waals surface area contributed by atoms with Crippen molar-refractivity contribution in [1.82, 2.24) is 9.97 Å². The van der Waals surface area contributed by atoms with Crippen molar-refractivity contribution in [1.29, 1.82) is 0 Å². The second-order valence-corrected chi connectivity index (χ2v) is 6.38. The number of nitrogens with zero attached hydrogens (tertiary/aromatic N) is 4. The Hall–Kier alpha value is -2.76. The first-order valence-corrected chi connectivity index (χ1v) is 8.67. The molecule has 0 N–H and O–H groups in total. The van der Waals surface area contributed by atoms with Gasteiger partial charge in [-0.15, -0.1) is 0 Å². The Kier molecular flexibility index (Phi) is 7.26. The Labute approximate surface area is 155 Å². The molecule has 0 fully saturated rings. The lowest BCUT2D eigenvalue weighted by Crippen LogP contribution is -2.11. The van der Waals surface area contributed by atoms with E-state index in [-0.39, 0.29) is 5.92 Å². The van der Waals surface area contributed by atoms with Crippen LogP contribution in [0, 0.1) is 19.8 Å². The molecular weight excluding hydrogens is 328 g/mol. The molecule has 0 unspecified atom stereocenters. The Balaban J connectivity index is 1.77. The number of rotatable bonds is 8. The Morgan fingerprint density at radius 1 is 0.846 bits per heavy atom. The van der Waals surface area contributed by atoms with Gasteiger partial charge in [-0.3, -0.25) is 9.97 Å². The van der Waals surface area contributed by atoms with Gasteiger partial charge < -0.3 is 9.68 Å². The van der Waals surface area contributed by atoms with Crippen molar-refractivity contribution in [3.8, 4) is 0 Å². The van der Waals surface area contributed by atoms with E-state index in [1.54, 1.807) is 0 Å². The highest BCUT2D eigenvalue weighted by Gasteiger charge is 2.06. The molecular formula is C20H26N4O2. The minimum atomic E-state index is 0.152. The summed E-state index contributed by atoms with van der Waals surface area (Å²) in [6, 6.07) is 11.6. The summed E-state index contributed by atoms with van der Waals surface area (Å²) in [4.78, 5) is 19.7. The fraction of sp³-hybridized carbons (Fsp3) is 0.400. The first-order valence-electron chi connectivity index (χ1n) is 8.67. The molecule has 6 heteroatoms. The quantitative estimate of drug-likeness (QED) is 0.532. The second kappa shape index (κ2) is 9.65. The van der Waals surface area contributed by atoms with Crippen molar-refractivity contribution in [2.45, 2.75) is 34.6 Å². The second-order valence-electron chi connectivity index (χ2n) is 6.38. The van der Waals surface area contributed by atoms with E-state index < -0.39 is 0 Å². The summed E-state index contributed by atoms with van der Waals surface area (Å²) in [6.07, 6.45) is 0. The highest BCUT2D eigenvalue weighted by atomic mass is 16.6. The molecule has 0 radical (unpaired) electrons. The van der Waals surface area contributed by atoms with Crippen LogP contribution in [0.1, 0.15) is 43.5 Å². The number of aromatic nitrogens is 2. The summed E-state index contributed by atoms with van der Waals surface area (Å²) in [5.74, 6) is 0.152. The van der Waals surface area contributed by atoms with Crippen LogP contribution in [0.25, 0.3) is 0 Å². The minimum absolute atomic E-state index is 0.152. The van der Waals surface area contributed by atoms with E-state index >= 15 is 0 Å². The molecule has 0 aliphatic heterocycles. The van der Waals surface area contributed by atoms with E-state index in [4.69, 9.17) is 9.68 Å². The Morgan fingerprint density at radius 3 is 1.65 bits per heavy atom. The zero-order valence-corrected chi connectivity index (χ0v) is 16.1. The fourth-order valence-electron chi connectivity index (χ4n) is 2.15. The lowest BCUT2D eigenvalue weighted by atomic mass is 10.2. The molecule has 0 atom stereocenters. The lowest BCUT2D eigenvalue weighted by Gasteiger charge is -2.09. The largest absolute Gasteiger partial charge is 0.395 e. The van der Waals surface area contributed by atoms with Crippen LogP contribution >= 0.6 is 0 Å². The van der Waals surface area contributed by atoms with Crippen molar-refractivity contribution in [3.63, 3.8) is 0 Å². The van der Waals surface area contributed by atoms with Crippen molar-refractivity contribution in [2.75, 3.05) is 13.2 Å². The number of oxime groups is 2. The summed E-state index contributed by atoms with van der Waals surface area (Å²) in [6.45, 7) is 10.6. The molecule has 2 heterocycles. The molecule has 0 aliphatic rings. The SMILES string of the molecule is C/C(=N\OCC(C)CO/N=C(\C)c1cccc(C)n1)c1cccc(C)n1. The summed E-state index contributed by atoms with van der Waals surface area (Å²) < 4.78 is 0. The number of aryl methyl sites for hydroxylation is 2. The van der Waals surface area contributed by atoms with Gasteiger partial charge in [0.1, 0.15) is 24.6 Å².